The number of aliphatic hydroxyl groups is 2. The second-order valence-corrected chi connectivity index (χ2v) is 7.34. The molecule has 0 aliphatic rings. The molecule has 0 aromatic rings. The highest BCUT2D eigenvalue weighted by Gasteiger charge is 2.36. The first-order valence-electron chi connectivity index (χ1n) is 7.80. The Labute approximate surface area is 137 Å². The van der Waals surface area contributed by atoms with Gasteiger partial charge in [0.1, 0.15) is 11.7 Å². The van der Waals surface area contributed by atoms with E-state index in [2.05, 4.69) is 15.3 Å². The number of alkyl carbamates (subject to hydrolysis) is 1. The monoisotopic (exact) mass is 330 g/mol. The largest absolute Gasteiger partial charge is 0.444 e. The summed E-state index contributed by atoms with van der Waals surface area (Å²) in [6, 6.07) is -1.54. The van der Waals surface area contributed by atoms with Crippen molar-refractivity contribution in [2.75, 3.05) is 0 Å². The van der Waals surface area contributed by atoms with E-state index in [0.29, 0.717) is 0 Å². The molecule has 8 nitrogen and oxygen atoms in total. The standard InChI is InChI=1S/C15H30N4O4/c1-8(2)10(17-14(22)23-15(5,6)7)12(20)13(21)11(9(3)4)18-19-16/h8-13,20-21H,1-7H3,(H,17,22)/t10-,11-,12-,13-/m0/s1. The number of ether oxygens (including phenoxy) is 1. The molecule has 8 heteroatoms. The van der Waals surface area contributed by atoms with Crippen molar-refractivity contribution >= 4 is 6.09 Å². The molecular formula is C15H30N4O4. The molecule has 0 spiro atoms. The number of nitrogens with one attached hydrogen (secondary N) is 1. The van der Waals surface area contributed by atoms with Crippen LogP contribution in [-0.4, -0.2) is 46.2 Å². The summed E-state index contributed by atoms with van der Waals surface area (Å²) in [5.41, 5.74) is 7.95. The van der Waals surface area contributed by atoms with Crippen molar-refractivity contribution in [3.63, 3.8) is 0 Å². The van der Waals surface area contributed by atoms with E-state index in [-0.39, 0.29) is 11.8 Å². The first-order valence-corrected chi connectivity index (χ1v) is 7.80. The molecular weight excluding hydrogens is 300 g/mol. The Morgan fingerprint density at radius 3 is 2.00 bits per heavy atom. The van der Waals surface area contributed by atoms with Gasteiger partial charge in [-0.3, -0.25) is 0 Å². The van der Waals surface area contributed by atoms with Crippen LogP contribution in [0.15, 0.2) is 5.11 Å². The molecule has 3 N–H and O–H groups in total. The van der Waals surface area contributed by atoms with Gasteiger partial charge in [0, 0.05) is 4.91 Å². The molecule has 0 unspecified atom stereocenters. The number of hydrogen-bond acceptors (Lipinski definition) is 5. The summed E-state index contributed by atoms with van der Waals surface area (Å²) >= 11 is 0. The molecule has 4 atom stereocenters. The average Bonchev–Trinajstić information content (AvgIpc) is 2.38. The van der Waals surface area contributed by atoms with Gasteiger partial charge < -0.3 is 20.3 Å². The molecule has 1 amide bonds. The van der Waals surface area contributed by atoms with Gasteiger partial charge in [-0.05, 0) is 38.1 Å². The van der Waals surface area contributed by atoms with Gasteiger partial charge >= 0.3 is 6.09 Å². The highest BCUT2D eigenvalue weighted by Crippen LogP contribution is 2.20. The number of carbonyl (C=O) groups excluding carboxylic acids is 1. The van der Waals surface area contributed by atoms with Gasteiger partial charge in [-0.1, -0.05) is 32.8 Å². The normalized spacial score (nSPS) is 17.2. The number of amides is 1. The third kappa shape index (κ3) is 7.54. The van der Waals surface area contributed by atoms with Crippen molar-refractivity contribution in [1.82, 2.24) is 5.32 Å². The van der Waals surface area contributed by atoms with Crippen molar-refractivity contribution < 1.29 is 19.7 Å². The molecule has 0 fully saturated rings. The fourth-order valence-corrected chi connectivity index (χ4v) is 2.16. The van der Waals surface area contributed by atoms with E-state index in [4.69, 9.17) is 10.3 Å². The van der Waals surface area contributed by atoms with E-state index >= 15 is 0 Å². The summed E-state index contributed by atoms with van der Waals surface area (Å²) in [6.07, 6.45) is -3.26. The van der Waals surface area contributed by atoms with Gasteiger partial charge in [-0.2, -0.15) is 0 Å². The van der Waals surface area contributed by atoms with Crippen LogP contribution in [0.4, 0.5) is 4.79 Å². The zero-order chi connectivity index (χ0) is 18.4. The molecule has 0 aromatic carbocycles. The Morgan fingerprint density at radius 1 is 1.13 bits per heavy atom. The van der Waals surface area contributed by atoms with Crippen LogP contribution in [0.1, 0.15) is 48.5 Å². The smallest absolute Gasteiger partial charge is 0.407 e. The highest BCUT2D eigenvalue weighted by atomic mass is 16.6. The minimum atomic E-state index is -1.30. The van der Waals surface area contributed by atoms with Gasteiger partial charge in [-0.15, -0.1) is 0 Å². The fraction of sp³-hybridized carbons (Fsp3) is 0.933. The molecule has 0 rings (SSSR count). The predicted octanol–water partition coefficient (Wildman–Crippen LogP) is 2.59. The van der Waals surface area contributed by atoms with Crippen LogP contribution in [0.25, 0.3) is 10.4 Å². The van der Waals surface area contributed by atoms with Gasteiger partial charge in [0.2, 0.25) is 0 Å². The van der Waals surface area contributed by atoms with Crippen LogP contribution >= 0.6 is 0 Å². The van der Waals surface area contributed by atoms with Crippen molar-refractivity contribution in [1.29, 1.82) is 0 Å². The van der Waals surface area contributed by atoms with Gasteiger partial charge in [0.15, 0.2) is 0 Å². The molecule has 0 heterocycles. The van der Waals surface area contributed by atoms with E-state index < -0.39 is 36.0 Å². The van der Waals surface area contributed by atoms with Gasteiger partial charge in [-0.25, -0.2) is 4.79 Å². The zero-order valence-corrected chi connectivity index (χ0v) is 15.0. The summed E-state index contributed by atoms with van der Waals surface area (Å²) in [4.78, 5) is 14.6. The first kappa shape index (κ1) is 21.5. The summed E-state index contributed by atoms with van der Waals surface area (Å²) in [6.45, 7) is 12.4. The lowest BCUT2D eigenvalue weighted by atomic mass is 9.88. The summed E-state index contributed by atoms with van der Waals surface area (Å²) in [7, 11) is 0. The van der Waals surface area contributed by atoms with Crippen LogP contribution in [0.5, 0.6) is 0 Å². The van der Waals surface area contributed by atoms with Gasteiger partial charge in [0.05, 0.1) is 18.2 Å². The number of rotatable bonds is 7. The quantitative estimate of drug-likeness (QED) is 0.376. The van der Waals surface area contributed by atoms with Crippen molar-refractivity contribution in [3.05, 3.63) is 10.4 Å². The molecule has 134 valence electrons. The maximum absolute atomic E-state index is 11.9. The lowest BCUT2D eigenvalue weighted by Gasteiger charge is -2.34. The number of nitrogens with zero attached hydrogens (tertiary/aromatic N) is 3. The second kappa shape index (κ2) is 8.96. The molecule has 0 saturated heterocycles. The Balaban J connectivity index is 5.14. The maximum atomic E-state index is 11.9. The van der Waals surface area contributed by atoms with E-state index in [0.717, 1.165) is 0 Å². The summed E-state index contributed by atoms with van der Waals surface area (Å²) in [5, 5.41) is 26.9. The van der Waals surface area contributed by atoms with Crippen LogP contribution < -0.4 is 5.32 Å². The first-order chi connectivity index (χ1) is 10.4. The van der Waals surface area contributed by atoms with Crippen molar-refractivity contribution in [2.45, 2.75) is 78.4 Å². The molecule has 0 aliphatic carbocycles. The SMILES string of the molecule is CC(C)[C@H](N=[N+]=[N-])[C@H](O)[C@@H](O)[C@@H](NC(=O)OC(C)(C)C)C(C)C. The number of carbonyl (C=O) groups is 1. The van der Waals surface area contributed by atoms with Crippen molar-refractivity contribution in [2.24, 2.45) is 17.0 Å². The molecule has 0 radical (unpaired) electrons. The Morgan fingerprint density at radius 2 is 1.65 bits per heavy atom. The van der Waals surface area contributed by atoms with Crippen LogP contribution in [0, 0.1) is 11.8 Å². The maximum Gasteiger partial charge on any atom is 0.407 e. The Bertz CT molecular complexity index is 428. The Hall–Kier alpha value is -1.50. The minimum Gasteiger partial charge on any atom is -0.444 e. The third-order valence-electron chi connectivity index (χ3n) is 3.34. The lowest BCUT2D eigenvalue weighted by Crippen LogP contribution is -2.55. The number of aliphatic hydroxyl groups excluding tert-OH is 2. The van der Waals surface area contributed by atoms with E-state index in [1.807, 2.05) is 0 Å². The van der Waals surface area contributed by atoms with Gasteiger partial charge in [0.25, 0.3) is 0 Å². The molecule has 0 bridgehead atoms. The fourth-order valence-electron chi connectivity index (χ4n) is 2.16. The number of azide groups is 1. The average molecular weight is 330 g/mol. The summed E-state index contributed by atoms with van der Waals surface area (Å²) < 4.78 is 5.18. The summed E-state index contributed by atoms with van der Waals surface area (Å²) in [5.74, 6) is -0.323. The zero-order valence-electron chi connectivity index (χ0n) is 15.0. The molecule has 0 aliphatic heterocycles. The van der Waals surface area contributed by atoms with Crippen molar-refractivity contribution in [3.8, 4) is 0 Å². The lowest BCUT2D eigenvalue weighted by molar-refractivity contribution is -0.0358. The topological polar surface area (TPSA) is 128 Å². The predicted molar refractivity (Wildman–Crippen MR) is 87.8 cm³/mol. The van der Waals surface area contributed by atoms with Crippen LogP contribution in [-0.2, 0) is 4.74 Å². The molecule has 0 saturated carbocycles. The third-order valence-corrected chi connectivity index (χ3v) is 3.34. The molecule has 0 aromatic heterocycles. The van der Waals surface area contributed by atoms with Crippen LogP contribution in [0.2, 0.25) is 0 Å². The minimum absolute atomic E-state index is 0.161. The second-order valence-electron chi connectivity index (χ2n) is 7.34. The number of hydrogen-bond donors (Lipinski definition) is 3. The van der Waals surface area contributed by atoms with E-state index in [9.17, 15) is 15.0 Å². The van der Waals surface area contributed by atoms with Crippen LogP contribution in [0.3, 0.4) is 0 Å². The highest BCUT2D eigenvalue weighted by molar-refractivity contribution is 5.68. The molecule has 23 heavy (non-hydrogen) atoms. The van der Waals surface area contributed by atoms with E-state index in [1.54, 1.807) is 48.5 Å². The van der Waals surface area contributed by atoms with E-state index in [1.165, 1.54) is 0 Å². The Kier molecular flexibility index (Phi) is 8.37.